The lowest BCUT2D eigenvalue weighted by atomic mass is 10.1. The summed E-state index contributed by atoms with van der Waals surface area (Å²) in [6.45, 7) is 3.57. The van der Waals surface area contributed by atoms with E-state index in [0.717, 1.165) is 21.3 Å². The minimum atomic E-state index is -0.609. The van der Waals surface area contributed by atoms with E-state index in [0.29, 0.717) is 11.5 Å². The van der Waals surface area contributed by atoms with Crippen LogP contribution in [0.5, 0.6) is 0 Å². The minimum Gasteiger partial charge on any atom is -0.314 e. The van der Waals surface area contributed by atoms with E-state index in [1.165, 1.54) is 22.7 Å². The van der Waals surface area contributed by atoms with Gasteiger partial charge in [0.1, 0.15) is 11.9 Å². The molecule has 0 aliphatic heterocycles. The van der Waals surface area contributed by atoms with Gasteiger partial charge in [0.2, 0.25) is 5.91 Å². The molecule has 2 heterocycles. The number of carbonyl (C=O) groups excluding carboxylic acids is 1. The molecular formula is C24H23N5O3. The van der Waals surface area contributed by atoms with Crippen molar-refractivity contribution >= 4 is 22.6 Å². The van der Waals surface area contributed by atoms with Crippen molar-refractivity contribution in [2.45, 2.75) is 20.4 Å². The van der Waals surface area contributed by atoms with Crippen molar-refractivity contribution in [3.05, 3.63) is 86.7 Å². The van der Waals surface area contributed by atoms with Gasteiger partial charge in [-0.3, -0.25) is 18.7 Å². The van der Waals surface area contributed by atoms with Gasteiger partial charge in [0.15, 0.2) is 11.5 Å². The number of likely N-dealkylation sites (N-methyl/N-ethyl adjacent to an activating group) is 1. The number of hydrogen-bond acceptors (Lipinski definition) is 5. The van der Waals surface area contributed by atoms with Gasteiger partial charge in [0.25, 0.3) is 5.56 Å². The Kier molecular flexibility index (Phi) is 5.44. The Morgan fingerprint density at radius 2 is 1.75 bits per heavy atom. The van der Waals surface area contributed by atoms with Crippen LogP contribution in [0.15, 0.2) is 64.3 Å². The lowest BCUT2D eigenvalue weighted by Gasteiger charge is -2.19. The van der Waals surface area contributed by atoms with Crippen molar-refractivity contribution < 1.29 is 4.79 Å². The maximum atomic E-state index is 13.0. The highest BCUT2D eigenvalue weighted by Gasteiger charge is 2.19. The van der Waals surface area contributed by atoms with Gasteiger partial charge in [-0.25, -0.2) is 14.8 Å². The molecule has 0 radical (unpaired) electrons. The summed E-state index contributed by atoms with van der Waals surface area (Å²) in [6, 6.07) is 15.0. The van der Waals surface area contributed by atoms with Crippen molar-refractivity contribution in [3.63, 3.8) is 0 Å². The Labute approximate surface area is 184 Å². The van der Waals surface area contributed by atoms with E-state index in [1.807, 2.05) is 62.4 Å². The van der Waals surface area contributed by atoms with E-state index in [1.54, 1.807) is 7.05 Å². The molecule has 0 fully saturated rings. The Morgan fingerprint density at radius 1 is 1.03 bits per heavy atom. The van der Waals surface area contributed by atoms with Crippen molar-refractivity contribution in [1.29, 1.82) is 0 Å². The quantitative estimate of drug-likeness (QED) is 0.497. The molecule has 32 heavy (non-hydrogen) atoms. The van der Waals surface area contributed by atoms with Crippen LogP contribution in [-0.2, 0) is 18.4 Å². The van der Waals surface area contributed by atoms with Crippen molar-refractivity contribution in [2.75, 3.05) is 11.9 Å². The Hall–Kier alpha value is -4.07. The molecule has 4 aromatic rings. The second-order valence-electron chi connectivity index (χ2n) is 7.75. The standard InChI is InChI=1S/C24H23N5O3/c1-15-10-11-18(12-16(15)2)27(3)20(30)14-29-23(31)19-13-25-21(17-8-6-5-7-9-17)26-22(19)28(4)24(29)32/h5-13H,14H2,1-4H3. The first kappa shape index (κ1) is 21.2. The van der Waals surface area contributed by atoms with Crippen molar-refractivity contribution in [1.82, 2.24) is 19.1 Å². The fourth-order valence-corrected chi connectivity index (χ4v) is 3.47. The first-order chi connectivity index (χ1) is 15.3. The van der Waals surface area contributed by atoms with Gasteiger partial charge in [-0.1, -0.05) is 36.4 Å². The van der Waals surface area contributed by atoms with Gasteiger partial charge in [0.05, 0.1) is 0 Å². The number of anilines is 1. The summed E-state index contributed by atoms with van der Waals surface area (Å²) in [5.74, 6) is 0.0319. The Bertz CT molecular complexity index is 1450. The molecule has 0 atom stereocenters. The van der Waals surface area contributed by atoms with Crippen LogP contribution in [0, 0.1) is 13.8 Å². The van der Waals surface area contributed by atoms with Gasteiger partial charge in [-0.2, -0.15) is 0 Å². The van der Waals surface area contributed by atoms with Gasteiger partial charge in [-0.15, -0.1) is 0 Å². The molecule has 4 rings (SSSR count). The highest BCUT2D eigenvalue weighted by Crippen LogP contribution is 2.18. The zero-order valence-corrected chi connectivity index (χ0v) is 18.4. The van der Waals surface area contributed by atoms with Crippen LogP contribution in [0.3, 0.4) is 0 Å². The predicted octanol–water partition coefficient (Wildman–Crippen LogP) is 2.44. The molecule has 0 aliphatic rings. The predicted molar refractivity (Wildman–Crippen MR) is 124 cm³/mol. The van der Waals surface area contributed by atoms with Crippen molar-refractivity contribution in [2.24, 2.45) is 7.05 Å². The van der Waals surface area contributed by atoms with Gasteiger partial charge in [0, 0.05) is 31.5 Å². The molecule has 0 unspecified atom stereocenters. The number of fused-ring (bicyclic) bond motifs is 1. The fraction of sp³-hybridized carbons (Fsp3) is 0.208. The topological polar surface area (TPSA) is 90.1 Å². The summed E-state index contributed by atoms with van der Waals surface area (Å²) in [7, 11) is 3.15. The van der Waals surface area contributed by atoms with Gasteiger partial charge < -0.3 is 4.90 Å². The molecule has 0 N–H and O–H groups in total. The molecular weight excluding hydrogens is 406 g/mol. The molecule has 2 aromatic carbocycles. The SMILES string of the molecule is Cc1ccc(N(C)C(=O)Cn2c(=O)c3cnc(-c4ccccc4)nc3n(C)c2=O)cc1C. The molecule has 8 heteroatoms. The van der Waals surface area contributed by atoms with E-state index in [-0.39, 0.29) is 23.5 Å². The Balaban J connectivity index is 1.73. The largest absolute Gasteiger partial charge is 0.332 e. The first-order valence-corrected chi connectivity index (χ1v) is 10.1. The maximum absolute atomic E-state index is 13.0. The van der Waals surface area contributed by atoms with Crippen molar-refractivity contribution in [3.8, 4) is 11.4 Å². The van der Waals surface area contributed by atoms with Crippen LogP contribution in [0.1, 0.15) is 11.1 Å². The summed E-state index contributed by atoms with van der Waals surface area (Å²) in [5.41, 5.74) is 2.65. The van der Waals surface area contributed by atoms with Gasteiger partial charge >= 0.3 is 5.69 Å². The number of aromatic nitrogens is 4. The molecule has 0 spiro atoms. The van der Waals surface area contributed by atoms with Crippen LogP contribution in [-0.4, -0.2) is 32.1 Å². The highest BCUT2D eigenvalue weighted by molar-refractivity contribution is 5.93. The lowest BCUT2D eigenvalue weighted by molar-refractivity contribution is -0.119. The van der Waals surface area contributed by atoms with Crippen LogP contribution in [0.2, 0.25) is 0 Å². The third-order valence-corrected chi connectivity index (χ3v) is 5.66. The highest BCUT2D eigenvalue weighted by atomic mass is 16.2. The number of amides is 1. The normalized spacial score (nSPS) is 11.0. The van der Waals surface area contributed by atoms with Crippen LogP contribution >= 0.6 is 0 Å². The monoisotopic (exact) mass is 429 g/mol. The number of nitrogens with zero attached hydrogens (tertiary/aromatic N) is 5. The number of hydrogen-bond donors (Lipinski definition) is 0. The molecule has 0 aliphatic carbocycles. The zero-order chi connectivity index (χ0) is 23.0. The van der Waals surface area contributed by atoms with E-state index in [2.05, 4.69) is 9.97 Å². The summed E-state index contributed by atoms with van der Waals surface area (Å²) in [5, 5.41) is 0.174. The first-order valence-electron chi connectivity index (χ1n) is 10.1. The van der Waals surface area contributed by atoms with Crippen LogP contribution in [0.4, 0.5) is 5.69 Å². The summed E-state index contributed by atoms with van der Waals surface area (Å²) < 4.78 is 2.20. The smallest absolute Gasteiger partial charge is 0.314 e. The molecule has 162 valence electrons. The summed E-state index contributed by atoms with van der Waals surface area (Å²) in [6.07, 6.45) is 1.40. The van der Waals surface area contributed by atoms with E-state index in [4.69, 9.17) is 0 Å². The molecule has 8 nitrogen and oxygen atoms in total. The number of aryl methyl sites for hydroxylation is 3. The van der Waals surface area contributed by atoms with Crippen LogP contribution < -0.4 is 16.1 Å². The maximum Gasteiger partial charge on any atom is 0.332 e. The van der Waals surface area contributed by atoms with E-state index < -0.39 is 11.2 Å². The number of rotatable bonds is 4. The molecule has 0 saturated carbocycles. The third-order valence-electron chi connectivity index (χ3n) is 5.66. The molecule has 1 amide bonds. The average molecular weight is 429 g/mol. The summed E-state index contributed by atoms with van der Waals surface area (Å²) in [4.78, 5) is 49.0. The second-order valence-corrected chi connectivity index (χ2v) is 7.75. The number of carbonyl (C=O) groups is 1. The average Bonchev–Trinajstić information content (AvgIpc) is 2.81. The summed E-state index contributed by atoms with van der Waals surface area (Å²) >= 11 is 0. The van der Waals surface area contributed by atoms with E-state index in [9.17, 15) is 14.4 Å². The van der Waals surface area contributed by atoms with E-state index >= 15 is 0 Å². The fourth-order valence-electron chi connectivity index (χ4n) is 3.47. The minimum absolute atomic E-state index is 0.174. The molecule has 0 bridgehead atoms. The second kappa shape index (κ2) is 8.22. The lowest BCUT2D eigenvalue weighted by Crippen LogP contribution is -2.44. The number of benzene rings is 2. The zero-order valence-electron chi connectivity index (χ0n) is 18.4. The molecule has 0 saturated heterocycles. The van der Waals surface area contributed by atoms with Gasteiger partial charge in [-0.05, 0) is 37.1 Å². The Morgan fingerprint density at radius 3 is 2.44 bits per heavy atom. The third kappa shape index (κ3) is 3.71. The molecule has 2 aromatic heterocycles. The van der Waals surface area contributed by atoms with Crippen LogP contribution in [0.25, 0.3) is 22.4 Å².